The van der Waals surface area contributed by atoms with E-state index in [1.54, 1.807) is 33.4 Å². The van der Waals surface area contributed by atoms with Crippen molar-refractivity contribution in [2.75, 3.05) is 0 Å². The van der Waals surface area contributed by atoms with Gasteiger partial charge in [-0.05, 0) is 97.6 Å². The zero-order valence-corrected chi connectivity index (χ0v) is 22.0. The van der Waals surface area contributed by atoms with Gasteiger partial charge in [-0.25, -0.2) is 0 Å². The van der Waals surface area contributed by atoms with Crippen LogP contribution in [0.5, 0.6) is 0 Å². The maximum Gasteiger partial charge on any atom is 0.0411 e. The Morgan fingerprint density at radius 1 is 0.676 bits per heavy atom. The molecule has 1 fully saturated rings. The quantitative estimate of drug-likeness (QED) is 0.408. The Morgan fingerprint density at radius 3 is 2.30 bits per heavy atom. The maximum absolute atomic E-state index is 2.66. The Kier molecular flexibility index (Phi) is 5.80. The van der Waals surface area contributed by atoms with Crippen molar-refractivity contribution in [2.24, 2.45) is 5.41 Å². The fourth-order valence-electron chi connectivity index (χ4n) is 8.40. The second-order valence-corrected chi connectivity index (χ2v) is 11.7. The van der Waals surface area contributed by atoms with Crippen molar-refractivity contribution in [3.63, 3.8) is 0 Å². The van der Waals surface area contributed by atoms with Crippen molar-refractivity contribution in [3.8, 4) is 0 Å². The lowest BCUT2D eigenvalue weighted by Crippen LogP contribution is -2.46. The molecule has 0 bridgehead atoms. The number of benzene rings is 2. The summed E-state index contributed by atoms with van der Waals surface area (Å²) in [6.45, 7) is 0. The standard InChI is InChI=1S/C37H38/c1-4-14-28(15-5-1)31-24-25-36(33-21-11-10-20-32(31)33)26-27-37(29-16-6-2-7-17-29,30-18-8-3-9-19-30)35-23-13-12-22-34(35)36/h1-2,4-6,8,10-11,14-16,18-23,31H,3,7,9,12-13,17,24-27H2. The summed E-state index contributed by atoms with van der Waals surface area (Å²) in [6.07, 6.45) is 31.9. The van der Waals surface area contributed by atoms with Crippen molar-refractivity contribution in [3.05, 3.63) is 142 Å². The van der Waals surface area contributed by atoms with Gasteiger partial charge >= 0.3 is 0 Å². The van der Waals surface area contributed by atoms with E-state index in [1.807, 2.05) is 0 Å². The first-order valence-electron chi connectivity index (χ1n) is 14.6. The van der Waals surface area contributed by atoms with Gasteiger partial charge in [0, 0.05) is 16.7 Å². The normalized spacial score (nSPS) is 30.5. The molecule has 3 atom stereocenters. The van der Waals surface area contributed by atoms with E-state index in [4.69, 9.17) is 0 Å². The highest BCUT2D eigenvalue weighted by atomic mass is 14.6. The van der Waals surface area contributed by atoms with Crippen LogP contribution in [0.25, 0.3) is 0 Å². The molecule has 7 rings (SSSR count). The molecule has 0 heterocycles. The highest BCUT2D eigenvalue weighted by Crippen LogP contribution is 2.65. The molecule has 5 aliphatic carbocycles. The van der Waals surface area contributed by atoms with Crippen molar-refractivity contribution in [1.82, 2.24) is 0 Å². The monoisotopic (exact) mass is 482 g/mol. The predicted molar refractivity (Wildman–Crippen MR) is 156 cm³/mol. The van der Waals surface area contributed by atoms with Crippen LogP contribution in [0.3, 0.4) is 0 Å². The predicted octanol–water partition coefficient (Wildman–Crippen LogP) is 9.83. The number of hydrogen-bond acceptors (Lipinski definition) is 0. The van der Waals surface area contributed by atoms with Crippen LogP contribution in [-0.4, -0.2) is 0 Å². The van der Waals surface area contributed by atoms with E-state index in [2.05, 4.69) is 103 Å². The summed E-state index contributed by atoms with van der Waals surface area (Å²) in [5.74, 6) is 0.501. The first-order valence-corrected chi connectivity index (χ1v) is 14.6. The number of hydrogen-bond donors (Lipinski definition) is 0. The third-order valence-electron chi connectivity index (χ3n) is 10.0. The average Bonchev–Trinajstić information content (AvgIpc) is 2.99. The fraction of sp³-hybridized carbons (Fsp3) is 0.351. The van der Waals surface area contributed by atoms with Crippen molar-refractivity contribution in [1.29, 1.82) is 0 Å². The number of allylic oxidation sites excluding steroid dienone is 12. The Morgan fingerprint density at radius 2 is 1.49 bits per heavy atom. The first-order chi connectivity index (χ1) is 18.3. The third-order valence-corrected chi connectivity index (χ3v) is 10.0. The number of fused-ring (bicyclic) bond motifs is 4. The molecule has 0 nitrogen and oxygen atoms in total. The molecule has 0 saturated heterocycles. The van der Waals surface area contributed by atoms with Crippen LogP contribution in [0, 0.1) is 5.41 Å². The van der Waals surface area contributed by atoms with Crippen LogP contribution in [-0.2, 0) is 5.41 Å². The van der Waals surface area contributed by atoms with E-state index in [9.17, 15) is 0 Å². The van der Waals surface area contributed by atoms with Crippen molar-refractivity contribution >= 4 is 0 Å². The van der Waals surface area contributed by atoms with Crippen LogP contribution >= 0.6 is 0 Å². The SMILES string of the molecule is C1=CCCC(C2(C3=CCCC=C3)CCC3(CCC(c4ccccc4)c4ccccc43)C3=CCCC=C32)=C1. The second-order valence-electron chi connectivity index (χ2n) is 11.7. The zero-order valence-electron chi connectivity index (χ0n) is 22.0. The van der Waals surface area contributed by atoms with E-state index >= 15 is 0 Å². The largest absolute Gasteiger partial charge is 0.0842 e. The average molecular weight is 483 g/mol. The zero-order chi connectivity index (χ0) is 24.7. The van der Waals surface area contributed by atoms with E-state index in [0.29, 0.717) is 5.92 Å². The van der Waals surface area contributed by atoms with Crippen LogP contribution in [0.15, 0.2) is 125 Å². The lowest BCUT2D eigenvalue weighted by Gasteiger charge is -2.56. The number of rotatable bonds is 3. The van der Waals surface area contributed by atoms with E-state index in [0.717, 1.165) is 0 Å². The van der Waals surface area contributed by atoms with E-state index in [1.165, 1.54) is 69.8 Å². The molecular weight excluding hydrogens is 444 g/mol. The van der Waals surface area contributed by atoms with Gasteiger partial charge in [0.25, 0.3) is 0 Å². The molecule has 0 amide bonds. The van der Waals surface area contributed by atoms with Gasteiger partial charge in [0.1, 0.15) is 0 Å². The Balaban J connectivity index is 1.39. The molecule has 3 unspecified atom stereocenters. The Labute approximate surface area is 222 Å². The topological polar surface area (TPSA) is 0 Å². The summed E-state index contributed by atoms with van der Waals surface area (Å²) >= 11 is 0. The molecule has 37 heavy (non-hydrogen) atoms. The minimum Gasteiger partial charge on any atom is -0.0842 e. The summed E-state index contributed by atoms with van der Waals surface area (Å²) in [5, 5.41) is 0. The molecule has 0 N–H and O–H groups in total. The van der Waals surface area contributed by atoms with Gasteiger partial charge in [0.15, 0.2) is 0 Å². The summed E-state index contributed by atoms with van der Waals surface area (Å²) in [7, 11) is 0. The van der Waals surface area contributed by atoms with E-state index in [-0.39, 0.29) is 10.8 Å². The highest BCUT2D eigenvalue weighted by molar-refractivity contribution is 5.64. The summed E-state index contributed by atoms with van der Waals surface area (Å²) in [4.78, 5) is 0. The van der Waals surface area contributed by atoms with Gasteiger partial charge in [-0.15, -0.1) is 0 Å². The molecule has 2 aromatic carbocycles. The second kappa shape index (κ2) is 9.32. The third kappa shape index (κ3) is 3.56. The molecule has 0 aliphatic heterocycles. The maximum atomic E-state index is 2.66. The van der Waals surface area contributed by atoms with Gasteiger partial charge in [-0.2, -0.15) is 0 Å². The fourth-order valence-corrected chi connectivity index (χ4v) is 8.40. The molecule has 186 valence electrons. The van der Waals surface area contributed by atoms with Crippen LogP contribution < -0.4 is 0 Å². The molecule has 0 radical (unpaired) electrons. The van der Waals surface area contributed by atoms with Crippen LogP contribution in [0.4, 0.5) is 0 Å². The molecular formula is C37H38. The molecule has 5 aliphatic rings. The van der Waals surface area contributed by atoms with Crippen molar-refractivity contribution < 1.29 is 0 Å². The van der Waals surface area contributed by atoms with Gasteiger partial charge < -0.3 is 0 Å². The summed E-state index contributed by atoms with van der Waals surface area (Å²) in [6, 6.07) is 20.7. The Hall–Kier alpha value is -3.12. The summed E-state index contributed by atoms with van der Waals surface area (Å²) in [5.41, 5.74) is 11.4. The first kappa shape index (κ1) is 23.0. The molecule has 2 aromatic rings. The van der Waals surface area contributed by atoms with Crippen LogP contribution in [0.1, 0.15) is 86.8 Å². The lowest BCUT2D eigenvalue weighted by molar-refractivity contribution is 0.280. The lowest BCUT2D eigenvalue weighted by atomic mass is 9.47. The minimum absolute atomic E-state index is 0.0460. The van der Waals surface area contributed by atoms with Crippen molar-refractivity contribution in [2.45, 2.75) is 75.5 Å². The van der Waals surface area contributed by atoms with Gasteiger partial charge in [-0.1, -0.05) is 109 Å². The van der Waals surface area contributed by atoms with Gasteiger partial charge in [-0.3, -0.25) is 0 Å². The molecule has 0 heteroatoms. The highest BCUT2D eigenvalue weighted by Gasteiger charge is 2.54. The molecule has 0 aromatic heterocycles. The minimum atomic E-state index is 0.0460. The van der Waals surface area contributed by atoms with Crippen LogP contribution in [0.2, 0.25) is 0 Å². The van der Waals surface area contributed by atoms with Gasteiger partial charge in [0.05, 0.1) is 0 Å². The molecule has 1 saturated carbocycles. The summed E-state index contributed by atoms with van der Waals surface area (Å²) < 4.78 is 0. The van der Waals surface area contributed by atoms with Gasteiger partial charge in [0.2, 0.25) is 0 Å². The van der Waals surface area contributed by atoms with E-state index < -0.39 is 0 Å². The molecule has 1 spiro atoms. The Bertz CT molecular complexity index is 1370. The smallest absolute Gasteiger partial charge is 0.0411 e.